The molecule has 1 aliphatic carbocycles. The molecular weight excluding hydrogens is 266 g/mol. The van der Waals surface area contributed by atoms with E-state index in [2.05, 4.69) is 17.4 Å². The Balaban J connectivity index is 1.69. The van der Waals surface area contributed by atoms with Crippen LogP contribution in [0.4, 0.5) is 10.5 Å². The van der Waals surface area contributed by atoms with Crippen molar-refractivity contribution in [3.05, 3.63) is 23.3 Å². The highest BCUT2D eigenvalue weighted by atomic mass is 16.5. The lowest BCUT2D eigenvalue weighted by atomic mass is 10.1. The number of nitrogens with zero attached hydrogens (tertiary/aromatic N) is 2. The summed E-state index contributed by atoms with van der Waals surface area (Å²) in [6.45, 7) is 3.44. The molecule has 0 radical (unpaired) electrons. The van der Waals surface area contributed by atoms with Crippen molar-refractivity contribution in [1.29, 1.82) is 0 Å². The van der Waals surface area contributed by atoms with Crippen molar-refractivity contribution in [2.75, 3.05) is 25.1 Å². The summed E-state index contributed by atoms with van der Waals surface area (Å²) in [6.07, 6.45) is 3.34. The van der Waals surface area contributed by atoms with Crippen LogP contribution in [0, 0.1) is 0 Å². The summed E-state index contributed by atoms with van der Waals surface area (Å²) < 4.78 is 5.54. The summed E-state index contributed by atoms with van der Waals surface area (Å²) in [4.78, 5) is 16.7. The summed E-state index contributed by atoms with van der Waals surface area (Å²) in [6, 6.07) is 4.83. The average Bonchev–Trinajstić information content (AvgIpc) is 3.24. The minimum atomic E-state index is 0.146. The van der Waals surface area contributed by atoms with Crippen molar-refractivity contribution in [1.82, 2.24) is 10.2 Å². The fourth-order valence-electron chi connectivity index (χ4n) is 3.38. The molecule has 21 heavy (non-hydrogen) atoms. The summed E-state index contributed by atoms with van der Waals surface area (Å²) in [5.41, 5.74) is 3.48. The summed E-state index contributed by atoms with van der Waals surface area (Å²) in [7, 11) is 1.68. The highest BCUT2D eigenvalue weighted by molar-refractivity contribution is 5.95. The Morgan fingerprint density at radius 2 is 1.95 bits per heavy atom. The zero-order valence-electron chi connectivity index (χ0n) is 12.4. The highest BCUT2D eigenvalue weighted by Gasteiger charge is 2.38. The van der Waals surface area contributed by atoms with E-state index in [4.69, 9.17) is 4.74 Å². The second-order valence-corrected chi connectivity index (χ2v) is 6.11. The number of hydrogen-bond donors (Lipinski definition) is 1. The Morgan fingerprint density at radius 3 is 2.67 bits per heavy atom. The number of fused-ring (bicyclic) bond motifs is 1. The molecule has 0 spiro atoms. The van der Waals surface area contributed by atoms with Crippen LogP contribution in [0.3, 0.4) is 0 Å². The van der Waals surface area contributed by atoms with Gasteiger partial charge in [-0.2, -0.15) is 0 Å². The lowest BCUT2D eigenvalue weighted by Crippen LogP contribution is -2.50. The summed E-state index contributed by atoms with van der Waals surface area (Å²) in [5.74, 6) is 0.809. The van der Waals surface area contributed by atoms with Gasteiger partial charge in [-0.1, -0.05) is 0 Å². The van der Waals surface area contributed by atoms with Crippen molar-refractivity contribution in [3.63, 3.8) is 0 Å². The van der Waals surface area contributed by atoms with Gasteiger partial charge >= 0.3 is 6.03 Å². The van der Waals surface area contributed by atoms with Crippen molar-refractivity contribution in [2.24, 2.45) is 0 Å². The van der Waals surface area contributed by atoms with E-state index in [1.807, 2.05) is 9.80 Å². The normalized spacial score (nSPS) is 21.7. The zero-order chi connectivity index (χ0) is 14.4. The second-order valence-electron chi connectivity index (χ2n) is 6.11. The standard InChI is InChI=1S/C16H21N3O2/c1-21-15-8-12-10-17-9-11(12)7-14(15)19-6-2-5-18(16(19)20)13-3-4-13/h7-8,13,17H,2-6,9-10H2,1H3. The number of carbonyl (C=O) groups excluding carboxylic acids is 1. The zero-order valence-corrected chi connectivity index (χ0v) is 12.4. The summed E-state index contributed by atoms with van der Waals surface area (Å²) in [5, 5.41) is 3.35. The van der Waals surface area contributed by atoms with E-state index in [1.54, 1.807) is 7.11 Å². The molecule has 0 unspecified atom stereocenters. The molecule has 2 aliphatic heterocycles. The molecule has 2 amide bonds. The molecule has 0 bridgehead atoms. The fraction of sp³-hybridized carbons (Fsp3) is 0.562. The van der Waals surface area contributed by atoms with Gasteiger partial charge in [0, 0.05) is 32.2 Å². The predicted octanol–water partition coefficient (Wildman–Crippen LogP) is 2.09. The summed E-state index contributed by atoms with van der Waals surface area (Å²) >= 11 is 0. The fourth-order valence-corrected chi connectivity index (χ4v) is 3.38. The van der Waals surface area contributed by atoms with Crippen LogP contribution in [-0.2, 0) is 13.1 Å². The third-order valence-corrected chi connectivity index (χ3v) is 4.67. The first-order valence-corrected chi connectivity index (χ1v) is 7.76. The number of urea groups is 1. The Bertz CT molecular complexity index is 583. The van der Waals surface area contributed by atoms with Gasteiger partial charge in [-0.05, 0) is 42.5 Å². The number of benzene rings is 1. The quantitative estimate of drug-likeness (QED) is 0.926. The number of hydrogen-bond acceptors (Lipinski definition) is 3. The Hall–Kier alpha value is -1.75. The van der Waals surface area contributed by atoms with E-state index in [0.29, 0.717) is 6.04 Å². The van der Waals surface area contributed by atoms with E-state index in [-0.39, 0.29) is 6.03 Å². The Kier molecular flexibility index (Phi) is 3.03. The third-order valence-electron chi connectivity index (χ3n) is 4.67. The number of anilines is 1. The Morgan fingerprint density at radius 1 is 1.19 bits per heavy atom. The topological polar surface area (TPSA) is 44.8 Å². The minimum Gasteiger partial charge on any atom is -0.495 e. The number of ether oxygens (including phenoxy) is 1. The van der Waals surface area contributed by atoms with E-state index in [0.717, 1.165) is 56.9 Å². The molecule has 1 aromatic rings. The third kappa shape index (κ3) is 2.16. The molecule has 112 valence electrons. The second kappa shape index (κ2) is 4.91. The molecule has 3 aliphatic rings. The molecule has 2 fully saturated rings. The molecule has 1 saturated heterocycles. The van der Waals surface area contributed by atoms with Crippen LogP contribution < -0.4 is 15.0 Å². The smallest absolute Gasteiger partial charge is 0.324 e. The number of amides is 2. The van der Waals surface area contributed by atoms with Gasteiger partial charge in [0.05, 0.1) is 12.8 Å². The largest absolute Gasteiger partial charge is 0.495 e. The maximum Gasteiger partial charge on any atom is 0.324 e. The van der Waals surface area contributed by atoms with Crippen LogP contribution in [-0.4, -0.2) is 37.2 Å². The number of rotatable bonds is 3. The van der Waals surface area contributed by atoms with Crippen LogP contribution in [0.5, 0.6) is 5.75 Å². The first-order chi connectivity index (χ1) is 10.3. The first-order valence-electron chi connectivity index (χ1n) is 7.76. The molecule has 2 heterocycles. The maximum atomic E-state index is 12.8. The van der Waals surface area contributed by atoms with Crippen molar-refractivity contribution in [2.45, 2.75) is 38.4 Å². The molecule has 1 saturated carbocycles. The molecule has 4 rings (SSSR count). The van der Waals surface area contributed by atoms with Crippen LogP contribution in [0.2, 0.25) is 0 Å². The average molecular weight is 287 g/mol. The first kappa shape index (κ1) is 13.0. The molecule has 1 N–H and O–H groups in total. The molecule has 5 heteroatoms. The van der Waals surface area contributed by atoms with Crippen molar-refractivity contribution in [3.8, 4) is 5.75 Å². The molecule has 5 nitrogen and oxygen atoms in total. The van der Waals surface area contributed by atoms with Crippen LogP contribution in [0.15, 0.2) is 12.1 Å². The van der Waals surface area contributed by atoms with Gasteiger partial charge in [-0.25, -0.2) is 4.79 Å². The number of methoxy groups -OCH3 is 1. The van der Waals surface area contributed by atoms with E-state index in [9.17, 15) is 4.79 Å². The SMILES string of the molecule is COc1cc2c(cc1N1CCCN(C3CC3)C1=O)CNC2. The van der Waals surface area contributed by atoms with Crippen LogP contribution >= 0.6 is 0 Å². The van der Waals surface area contributed by atoms with Gasteiger partial charge in [0.25, 0.3) is 0 Å². The van der Waals surface area contributed by atoms with Crippen LogP contribution in [0.1, 0.15) is 30.4 Å². The lowest BCUT2D eigenvalue weighted by molar-refractivity contribution is 0.192. The van der Waals surface area contributed by atoms with Gasteiger partial charge in [-0.15, -0.1) is 0 Å². The monoisotopic (exact) mass is 287 g/mol. The van der Waals surface area contributed by atoms with Gasteiger partial charge < -0.3 is 15.0 Å². The van der Waals surface area contributed by atoms with Crippen molar-refractivity contribution >= 4 is 11.7 Å². The molecule has 0 aromatic heterocycles. The molecular formula is C16H21N3O2. The maximum absolute atomic E-state index is 12.8. The predicted molar refractivity (Wildman–Crippen MR) is 80.6 cm³/mol. The van der Waals surface area contributed by atoms with Crippen molar-refractivity contribution < 1.29 is 9.53 Å². The molecule has 1 aromatic carbocycles. The highest BCUT2D eigenvalue weighted by Crippen LogP contribution is 2.37. The lowest BCUT2D eigenvalue weighted by Gasteiger charge is -2.36. The Labute approximate surface area is 124 Å². The van der Waals surface area contributed by atoms with Gasteiger partial charge in [-0.3, -0.25) is 4.90 Å². The number of carbonyl (C=O) groups is 1. The molecule has 0 atom stereocenters. The van der Waals surface area contributed by atoms with Crippen LogP contribution in [0.25, 0.3) is 0 Å². The van der Waals surface area contributed by atoms with Gasteiger partial charge in [0.2, 0.25) is 0 Å². The number of nitrogens with one attached hydrogen (secondary N) is 1. The van der Waals surface area contributed by atoms with E-state index >= 15 is 0 Å². The van der Waals surface area contributed by atoms with E-state index < -0.39 is 0 Å². The van der Waals surface area contributed by atoms with Gasteiger partial charge in [0.15, 0.2) is 0 Å². The van der Waals surface area contributed by atoms with Gasteiger partial charge in [0.1, 0.15) is 5.75 Å². The minimum absolute atomic E-state index is 0.146. The van der Waals surface area contributed by atoms with E-state index in [1.165, 1.54) is 11.1 Å².